The van der Waals surface area contributed by atoms with Crippen LogP contribution in [0.15, 0.2) is 24.3 Å². The number of phosphoric ester groups is 1. The van der Waals surface area contributed by atoms with Crippen LogP contribution in [0, 0.1) is 0 Å². The Balaban J connectivity index is 4.36. The zero-order valence-electron chi connectivity index (χ0n) is 35.7. The first kappa shape index (κ1) is 52.5. The molecule has 318 valence electrons. The maximum Gasteiger partial charge on any atom is 0.472 e. The number of phosphoric acid groups is 1. The number of rotatable bonds is 40. The number of carbonyl (C=O) groups excluding carboxylic acids is 2. The lowest BCUT2D eigenvalue weighted by Crippen LogP contribution is -2.37. The second kappa shape index (κ2) is 37.1. The Morgan fingerprint density at radius 2 is 1.00 bits per heavy atom. The SMILES string of the molecule is CCCCC/C=C\C/C=C\CCCCCCCCCC(=O)OC(COC(=O)CCCCCCCCCCCCCCC)COP(=O)(O)OCC[N+](C)(C)C. The highest BCUT2D eigenvalue weighted by atomic mass is 31.2. The highest BCUT2D eigenvalue weighted by molar-refractivity contribution is 7.47. The summed E-state index contributed by atoms with van der Waals surface area (Å²) in [6, 6.07) is 0. The Hall–Kier alpha value is -1.51. The average Bonchev–Trinajstić information content (AvgIpc) is 3.12. The number of hydrogen-bond acceptors (Lipinski definition) is 7. The number of quaternary nitrogens is 1. The van der Waals surface area contributed by atoms with Gasteiger partial charge in [-0.3, -0.25) is 18.6 Å². The molecule has 0 fully saturated rings. The van der Waals surface area contributed by atoms with Crippen LogP contribution >= 0.6 is 7.82 Å². The largest absolute Gasteiger partial charge is 0.472 e. The number of carbonyl (C=O) groups is 2. The van der Waals surface area contributed by atoms with E-state index in [4.69, 9.17) is 18.5 Å². The standard InChI is InChI=1S/C44H84NO8P/c1-6-8-10-12-14-16-18-20-21-22-23-25-27-29-31-33-35-37-44(47)53-42(41-52-54(48,49)51-39-38-45(3,4)5)40-50-43(46)36-34-32-30-28-26-24-19-17-15-13-11-9-7-2/h14,16,20-21,42H,6-13,15,17-19,22-41H2,1-5H3/p+1/b16-14-,21-20-. The molecule has 0 aromatic heterocycles. The number of ether oxygens (including phenoxy) is 2. The van der Waals surface area contributed by atoms with E-state index in [2.05, 4.69) is 38.2 Å². The first-order valence-corrected chi connectivity index (χ1v) is 23.6. The third-order valence-electron chi connectivity index (χ3n) is 9.48. The number of unbranched alkanes of at least 4 members (excludes halogenated alkanes) is 22. The van der Waals surface area contributed by atoms with Gasteiger partial charge >= 0.3 is 19.8 Å². The second-order valence-corrected chi connectivity index (χ2v) is 17.5. The zero-order valence-corrected chi connectivity index (χ0v) is 36.6. The van der Waals surface area contributed by atoms with Crippen molar-refractivity contribution in [2.45, 2.75) is 200 Å². The molecule has 0 aromatic rings. The van der Waals surface area contributed by atoms with Crippen LogP contribution in [0.3, 0.4) is 0 Å². The molecule has 9 nitrogen and oxygen atoms in total. The molecule has 10 heteroatoms. The van der Waals surface area contributed by atoms with Crippen LogP contribution in [-0.2, 0) is 32.7 Å². The van der Waals surface area contributed by atoms with Gasteiger partial charge in [0, 0.05) is 12.8 Å². The van der Waals surface area contributed by atoms with E-state index in [1.807, 2.05) is 21.1 Å². The molecule has 0 rings (SSSR count). The normalized spacial score (nSPS) is 13.8. The number of likely N-dealkylation sites (N-methyl/N-ethyl adjacent to an activating group) is 1. The lowest BCUT2D eigenvalue weighted by atomic mass is 10.0. The van der Waals surface area contributed by atoms with Gasteiger partial charge in [0.25, 0.3) is 0 Å². The maximum atomic E-state index is 12.7. The third-order valence-corrected chi connectivity index (χ3v) is 10.5. The highest BCUT2D eigenvalue weighted by Crippen LogP contribution is 2.43. The molecular formula is C44H85NO8P+. The highest BCUT2D eigenvalue weighted by Gasteiger charge is 2.27. The molecule has 0 radical (unpaired) electrons. The van der Waals surface area contributed by atoms with Crippen molar-refractivity contribution in [1.82, 2.24) is 0 Å². The Morgan fingerprint density at radius 1 is 0.574 bits per heavy atom. The summed E-state index contributed by atoms with van der Waals surface area (Å²) in [7, 11) is 1.48. The smallest absolute Gasteiger partial charge is 0.462 e. The minimum atomic E-state index is -4.37. The molecule has 2 unspecified atom stereocenters. The molecule has 0 aliphatic rings. The van der Waals surface area contributed by atoms with Crippen molar-refractivity contribution in [3.63, 3.8) is 0 Å². The lowest BCUT2D eigenvalue weighted by Gasteiger charge is -2.24. The molecule has 0 aliphatic heterocycles. The fraction of sp³-hybridized carbons (Fsp3) is 0.864. The quantitative estimate of drug-likeness (QED) is 0.0215. The zero-order chi connectivity index (χ0) is 40.0. The van der Waals surface area contributed by atoms with Crippen molar-refractivity contribution in [3.8, 4) is 0 Å². The number of esters is 2. The summed E-state index contributed by atoms with van der Waals surface area (Å²) < 4.78 is 34.3. The summed E-state index contributed by atoms with van der Waals surface area (Å²) in [6.07, 6.45) is 39.3. The molecule has 1 N–H and O–H groups in total. The Labute approximate surface area is 332 Å². The second-order valence-electron chi connectivity index (χ2n) is 16.1. The van der Waals surface area contributed by atoms with Gasteiger partial charge in [-0.15, -0.1) is 0 Å². The van der Waals surface area contributed by atoms with Crippen LogP contribution in [-0.4, -0.2) is 74.9 Å². The van der Waals surface area contributed by atoms with Crippen molar-refractivity contribution in [3.05, 3.63) is 24.3 Å². The van der Waals surface area contributed by atoms with Gasteiger partial charge in [-0.1, -0.05) is 160 Å². The number of hydrogen-bond donors (Lipinski definition) is 1. The minimum absolute atomic E-state index is 0.0318. The molecule has 2 atom stereocenters. The molecule has 0 saturated carbocycles. The van der Waals surface area contributed by atoms with Crippen LogP contribution in [0.2, 0.25) is 0 Å². The third kappa shape index (κ3) is 40.2. The van der Waals surface area contributed by atoms with Crippen molar-refractivity contribution in [2.24, 2.45) is 0 Å². The van der Waals surface area contributed by atoms with Crippen LogP contribution < -0.4 is 0 Å². The van der Waals surface area contributed by atoms with Crippen LogP contribution in [0.4, 0.5) is 0 Å². The first-order valence-electron chi connectivity index (χ1n) is 22.1. The predicted molar refractivity (Wildman–Crippen MR) is 224 cm³/mol. The monoisotopic (exact) mass is 787 g/mol. The molecule has 0 spiro atoms. The Kier molecular flexibility index (Phi) is 36.1. The molecule has 0 amide bonds. The van der Waals surface area contributed by atoms with E-state index in [-0.39, 0.29) is 25.6 Å². The van der Waals surface area contributed by atoms with E-state index in [0.29, 0.717) is 23.9 Å². The fourth-order valence-corrected chi connectivity index (χ4v) is 6.73. The summed E-state index contributed by atoms with van der Waals surface area (Å²) in [5, 5.41) is 0. The van der Waals surface area contributed by atoms with Crippen LogP contribution in [0.25, 0.3) is 0 Å². The van der Waals surface area contributed by atoms with Crippen molar-refractivity contribution < 1.29 is 42.1 Å². The van der Waals surface area contributed by atoms with Gasteiger partial charge in [0.1, 0.15) is 19.8 Å². The molecule has 0 aliphatic carbocycles. The fourth-order valence-electron chi connectivity index (χ4n) is 5.99. The van der Waals surface area contributed by atoms with Gasteiger partial charge in [-0.25, -0.2) is 4.57 Å². The maximum absolute atomic E-state index is 12.7. The van der Waals surface area contributed by atoms with Crippen LogP contribution in [0.5, 0.6) is 0 Å². The summed E-state index contributed by atoms with van der Waals surface area (Å²) >= 11 is 0. The molecular weight excluding hydrogens is 701 g/mol. The first-order chi connectivity index (χ1) is 26.0. The Morgan fingerprint density at radius 3 is 1.50 bits per heavy atom. The van der Waals surface area contributed by atoms with Crippen molar-refractivity contribution in [1.29, 1.82) is 0 Å². The number of nitrogens with zero attached hydrogens (tertiary/aromatic N) is 1. The summed E-state index contributed by atoms with van der Waals surface area (Å²) in [6.45, 7) is 4.40. The van der Waals surface area contributed by atoms with E-state index in [1.165, 1.54) is 109 Å². The minimum Gasteiger partial charge on any atom is -0.462 e. The topological polar surface area (TPSA) is 108 Å². The van der Waals surface area contributed by atoms with E-state index >= 15 is 0 Å². The van der Waals surface area contributed by atoms with Gasteiger partial charge in [0.05, 0.1) is 27.7 Å². The van der Waals surface area contributed by atoms with Gasteiger partial charge < -0.3 is 18.9 Å². The number of allylic oxidation sites excluding steroid dienone is 4. The summed E-state index contributed by atoms with van der Waals surface area (Å²) in [5.74, 6) is -0.802. The molecule has 54 heavy (non-hydrogen) atoms. The lowest BCUT2D eigenvalue weighted by molar-refractivity contribution is -0.870. The molecule has 0 saturated heterocycles. The van der Waals surface area contributed by atoms with Crippen LogP contribution in [0.1, 0.15) is 194 Å². The Bertz CT molecular complexity index is 980. The van der Waals surface area contributed by atoms with Gasteiger partial charge in [0.2, 0.25) is 0 Å². The summed E-state index contributed by atoms with van der Waals surface area (Å²) in [4.78, 5) is 35.3. The molecule has 0 heterocycles. The van der Waals surface area contributed by atoms with Gasteiger partial charge in [-0.05, 0) is 44.9 Å². The average molecular weight is 787 g/mol. The molecule has 0 bridgehead atoms. The molecule has 0 aromatic carbocycles. The van der Waals surface area contributed by atoms with E-state index in [0.717, 1.165) is 51.4 Å². The predicted octanol–water partition coefficient (Wildman–Crippen LogP) is 12.4. The van der Waals surface area contributed by atoms with Gasteiger partial charge in [0.15, 0.2) is 6.10 Å². The van der Waals surface area contributed by atoms with Gasteiger partial charge in [-0.2, -0.15) is 0 Å². The van der Waals surface area contributed by atoms with E-state index in [9.17, 15) is 19.0 Å². The van der Waals surface area contributed by atoms with E-state index < -0.39 is 26.5 Å². The van der Waals surface area contributed by atoms with E-state index in [1.54, 1.807) is 0 Å². The summed E-state index contributed by atoms with van der Waals surface area (Å²) in [5.41, 5.74) is 0. The van der Waals surface area contributed by atoms with Crippen molar-refractivity contribution >= 4 is 19.8 Å². The van der Waals surface area contributed by atoms with Crippen molar-refractivity contribution in [2.75, 3.05) is 47.5 Å².